The number of ether oxygens (including phenoxy) is 1. The first kappa shape index (κ1) is 69.1. The fourth-order valence-electron chi connectivity index (χ4n) is 9.77. The molecule has 0 aromatic heterocycles. The number of hydrogen-bond donors (Lipinski definition) is 3. The Kier molecular flexibility index (Phi) is 59.0. The fraction of sp³-hybridized carbons (Fsp3) is 0.877. The van der Waals surface area contributed by atoms with Crippen molar-refractivity contribution in [2.45, 2.75) is 353 Å². The zero-order valence-electron chi connectivity index (χ0n) is 47.7. The van der Waals surface area contributed by atoms with Gasteiger partial charge in [0.05, 0.1) is 25.4 Å². The Morgan fingerprint density at radius 2 is 0.718 bits per heavy atom. The number of carbonyl (C=O) groups is 2. The number of unbranched alkanes of at least 4 members (excludes halogenated alkanes) is 42. The third-order valence-electron chi connectivity index (χ3n) is 14.7. The van der Waals surface area contributed by atoms with Crippen molar-refractivity contribution in [2.24, 2.45) is 0 Å². The number of amides is 1. The minimum absolute atomic E-state index is 0.00617. The van der Waals surface area contributed by atoms with Crippen molar-refractivity contribution in [3.63, 3.8) is 0 Å². The zero-order chi connectivity index (χ0) is 51.4. The Bertz CT molecular complexity index is 1150. The smallest absolute Gasteiger partial charge is 0.305 e. The van der Waals surface area contributed by atoms with Crippen molar-refractivity contribution in [1.29, 1.82) is 0 Å². The van der Waals surface area contributed by atoms with Crippen LogP contribution in [0.2, 0.25) is 0 Å². The van der Waals surface area contributed by atoms with Gasteiger partial charge in [-0.3, -0.25) is 9.59 Å². The summed E-state index contributed by atoms with van der Waals surface area (Å²) in [4.78, 5) is 24.6. The van der Waals surface area contributed by atoms with Crippen LogP contribution in [0.1, 0.15) is 341 Å². The average molecular weight is 999 g/mol. The molecule has 0 aliphatic heterocycles. The van der Waals surface area contributed by atoms with Crippen LogP contribution in [0.15, 0.2) is 36.5 Å². The number of carbonyl (C=O) groups excluding carboxylic acids is 2. The molecule has 0 aromatic rings. The Balaban J connectivity index is 3.43. The van der Waals surface area contributed by atoms with Crippen molar-refractivity contribution in [3.8, 4) is 0 Å². The van der Waals surface area contributed by atoms with E-state index in [1.54, 1.807) is 0 Å². The molecule has 1 amide bonds. The fourth-order valence-corrected chi connectivity index (χ4v) is 9.77. The molecule has 2 atom stereocenters. The highest BCUT2D eigenvalue weighted by Crippen LogP contribution is 2.18. The third-order valence-corrected chi connectivity index (χ3v) is 14.7. The number of hydrogen-bond acceptors (Lipinski definition) is 5. The monoisotopic (exact) mass is 998 g/mol. The molecule has 0 aliphatic rings. The molecule has 418 valence electrons. The van der Waals surface area contributed by atoms with Crippen LogP contribution in [-0.4, -0.2) is 47.4 Å². The number of nitrogens with one attached hydrogen (secondary N) is 1. The molecule has 0 bridgehead atoms. The molecule has 0 fully saturated rings. The summed E-state index contributed by atoms with van der Waals surface area (Å²) in [5, 5.41) is 23.4. The van der Waals surface area contributed by atoms with E-state index in [0.717, 1.165) is 51.4 Å². The van der Waals surface area contributed by atoms with Gasteiger partial charge in [-0.25, -0.2) is 0 Å². The van der Waals surface area contributed by atoms with Gasteiger partial charge in [-0.2, -0.15) is 0 Å². The maximum Gasteiger partial charge on any atom is 0.305 e. The quantitative estimate of drug-likeness (QED) is 0.0321. The summed E-state index contributed by atoms with van der Waals surface area (Å²) in [5.74, 6) is -0.0466. The van der Waals surface area contributed by atoms with Gasteiger partial charge in [0.1, 0.15) is 0 Å². The highest BCUT2D eigenvalue weighted by Gasteiger charge is 2.20. The molecule has 6 heteroatoms. The lowest BCUT2D eigenvalue weighted by Crippen LogP contribution is -2.45. The van der Waals surface area contributed by atoms with Crippen LogP contribution in [0.3, 0.4) is 0 Å². The van der Waals surface area contributed by atoms with Crippen LogP contribution in [0, 0.1) is 0 Å². The van der Waals surface area contributed by atoms with Crippen LogP contribution in [-0.2, 0) is 14.3 Å². The van der Waals surface area contributed by atoms with Crippen molar-refractivity contribution < 1.29 is 24.5 Å². The highest BCUT2D eigenvalue weighted by atomic mass is 16.5. The van der Waals surface area contributed by atoms with Crippen LogP contribution < -0.4 is 5.32 Å². The van der Waals surface area contributed by atoms with Gasteiger partial charge in [-0.05, 0) is 77.0 Å². The van der Waals surface area contributed by atoms with Gasteiger partial charge < -0.3 is 20.3 Å². The molecule has 0 spiro atoms. The molecule has 0 aromatic carbocycles. The van der Waals surface area contributed by atoms with Gasteiger partial charge in [-0.1, -0.05) is 288 Å². The van der Waals surface area contributed by atoms with E-state index in [1.165, 1.54) is 257 Å². The van der Waals surface area contributed by atoms with Gasteiger partial charge in [0, 0.05) is 12.8 Å². The van der Waals surface area contributed by atoms with E-state index in [1.807, 2.05) is 0 Å². The maximum atomic E-state index is 12.5. The van der Waals surface area contributed by atoms with E-state index in [4.69, 9.17) is 4.74 Å². The second-order valence-electron chi connectivity index (χ2n) is 21.7. The Morgan fingerprint density at radius 3 is 1.13 bits per heavy atom. The SMILES string of the molecule is CCCC/C=C\C/C=C\CCCCCCCC(=O)OCCCCCCCCCCCC/C=C\CCCCCCCCCC(=O)NC(CO)C(O)CCCCCCCCCCCCCCCCCCCCC. The number of esters is 1. The van der Waals surface area contributed by atoms with E-state index >= 15 is 0 Å². The van der Waals surface area contributed by atoms with Crippen molar-refractivity contribution in [1.82, 2.24) is 5.32 Å². The van der Waals surface area contributed by atoms with Crippen LogP contribution in [0.5, 0.6) is 0 Å². The second kappa shape index (κ2) is 60.6. The summed E-state index contributed by atoms with van der Waals surface area (Å²) in [6.45, 7) is 4.92. The standard InChI is InChI=1S/C65H123NO5/c1-3-5-7-9-11-13-15-17-19-20-24-27-30-33-37-41-45-49-53-57-63(68)62(61-67)66-64(69)58-54-50-46-42-38-34-31-28-25-22-21-23-26-29-32-36-40-44-48-52-56-60-71-65(70)59-55-51-47-43-39-35-18-16-14-12-10-8-6-4-2/h10,12,16,18,22,25,62-63,67-68H,3-9,11,13-15,17,19-21,23-24,26-61H2,1-2H3,(H,66,69)/b12-10-,18-16-,25-22-. The summed E-state index contributed by atoms with van der Waals surface area (Å²) in [7, 11) is 0. The molecule has 2 unspecified atom stereocenters. The Labute approximate surface area is 443 Å². The van der Waals surface area contributed by atoms with Crippen LogP contribution in [0.25, 0.3) is 0 Å². The minimum Gasteiger partial charge on any atom is -0.466 e. The van der Waals surface area contributed by atoms with E-state index in [9.17, 15) is 19.8 Å². The number of aliphatic hydroxyl groups excluding tert-OH is 2. The van der Waals surface area contributed by atoms with Crippen LogP contribution in [0.4, 0.5) is 0 Å². The minimum atomic E-state index is -0.670. The summed E-state index contributed by atoms with van der Waals surface area (Å²) in [5.41, 5.74) is 0. The van der Waals surface area contributed by atoms with Gasteiger partial charge in [-0.15, -0.1) is 0 Å². The normalized spacial score (nSPS) is 12.8. The zero-order valence-corrected chi connectivity index (χ0v) is 47.7. The second-order valence-corrected chi connectivity index (χ2v) is 21.7. The predicted molar refractivity (Wildman–Crippen MR) is 310 cm³/mol. The largest absolute Gasteiger partial charge is 0.466 e. The van der Waals surface area contributed by atoms with E-state index in [-0.39, 0.29) is 18.5 Å². The van der Waals surface area contributed by atoms with Crippen molar-refractivity contribution in [2.75, 3.05) is 13.2 Å². The molecule has 0 heterocycles. The van der Waals surface area contributed by atoms with Gasteiger partial charge in [0.25, 0.3) is 0 Å². The molecule has 0 aliphatic carbocycles. The molecule has 0 saturated carbocycles. The Hall–Kier alpha value is -1.92. The average Bonchev–Trinajstić information content (AvgIpc) is 3.37. The van der Waals surface area contributed by atoms with Gasteiger partial charge in [0.2, 0.25) is 5.91 Å². The lowest BCUT2D eigenvalue weighted by Gasteiger charge is -2.22. The first-order valence-corrected chi connectivity index (χ1v) is 31.7. The summed E-state index contributed by atoms with van der Waals surface area (Å²) in [6, 6.07) is -0.548. The van der Waals surface area contributed by atoms with Crippen molar-refractivity contribution >= 4 is 11.9 Å². The molecule has 6 nitrogen and oxygen atoms in total. The summed E-state index contributed by atoms with van der Waals surface area (Å²) >= 11 is 0. The summed E-state index contributed by atoms with van der Waals surface area (Å²) < 4.78 is 5.47. The lowest BCUT2D eigenvalue weighted by molar-refractivity contribution is -0.143. The van der Waals surface area contributed by atoms with E-state index in [2.05, 4.69) is 55.6 Å². The predicted octanol–water partition coefficient (Wildman–Crippen LogP) is 20.0. The van der Waals surface area contributed by atoms with Crippen molar-refractivity contribution in [3.05, 3.63) is 36.5 Å². The third kappa shape index (κ3) is 57.2. The number of allylic oxidation sites excluding steroid dienone is 6. The number of rotatable bonds is 59. The molecule has 0 rings (SSSR count). The maximum absolute atomic E-state index is 12.5. The first-order valence-electron chi connectivity index (χ1n) is 31.7. The van der Waals surface area contributed by atoms with E-state index < -0.39 is 12.1 Å². The Morgan fingerprint density at radius 1 is 0.394 bits per heavy atom. The summed E-state index contributed by atoms with van der Waals surface area (Å²) in [6.07, 6.45) is 75.8. The van der Waals surface area contributed by atoms with Gasteiger partial charge >= 0.3 is 5.97 Å². The molecule has 3 N–H and O–H groups in total. The number of aliphatic hydroxyl groups is 2. The molecule has 0 saturated heterocycles. The lowest BCUT2D eigenvalue weighted by atomic mass is 10.0. The molecule has 71 heavy (non-hydrogen) atoms. The highest BCUT2D eigenvalue weighted by molar-refractivity contribution is 5.76. The van der Waals surface area contributed by atoms with Gasteiger partial charge in [0.15, 0.2) is 0 Å². The topological polar surface area (TPSA) is 95.9 Å². The molecular formula is C65H123NO5. The molecule has 0 radical (unpaired) electrons. The molecular weight excluding hydrogens is 875 g/mol. The van der Waals surface area contributed by atoms with E-state index in [0.29, 0.717) is 25.9 Å². The first-order chi connectivity index (χ1) is 35.0. The van der Waals surface area contributed by atoms with Crippen LogP contribution >= 0.6 is 0 Å².